The largest absolute Gasteiger partial charge is 0.462 e. The number of benzene rings is 2. The molecule has 2 fully saturated rings. The molecule has 4 heterocycles. The summed E-state index contributed by atoms with van der Waals surface area (Å²) in [6.45, 7) is 3.44. The molecule has 9 nitrogen and oxygen atoms in total. The fourth-order valence-electron chi connectivity index (χ4n) is 6.96. The molecule has 3 aromatic rings. The summed E-state index contributed by atoms with van der Waals surface area (Å²) < 4.78 is 46.9. The van der Waals surface area contributed by atoms with Gasteiger partial charge in [-0.05, 0) is 43.5 Å². The maximum atomic E-state index is 14.1. The zero-order valence-corrected chi connectivity index (χ0v) is 26.1. The Labute approximate surface area is 266 Å². The fraction of sp³-hybridized carbons (Fsp3) is 0.471. The molecule has 6 rings (SSSR count). The highest BCUT2D eigenvalue weighted by atomic mass is 19.3. The molecule has 2 unspecified atom stereocenters. The quantitative estimate of drug-likeness (QED) is 0.331. The van der Waals surface area contributed by atoms with Crippen LogP contribution in [0.2, 0.25) is 0 Å². The van der Waals surface area contributed by atoms with Gasteiger partial charge in [0.1, 0.15) is 19.1 Å². The number of likely N-dealkylation sites (tertiary alicyclic amines) is 1. The number of halogens is 3. The molecular formula is C34H38F3N7O2. The van der Waals surface area contributed by atoms with Crippen LogP contribution in [0.5, 0.6) is 6.01 Å². The number of carbonyl (C=O) groups is 1. The third-order valence-electron chi connectivity index (χ3n) is 9.24. The molecule has 3 aliphatic rings. The Balaban J connectivity index is 1.32. The molecule has 0 bridgehead atoms. The number of ether oxygens (including phenoxy) is 1. The first kappa shape index (κ1) is 31.6. The van der Waals surface area contributed by atoms with E-state index >= 15 is 0 Å². The molecule has 2 atom stereocenters. The lowest BCUT2D eigenvalue weighted by Gasteiger charge is -2.42. The van der Waals surface area contributed by atoms with E-state index in [0.717, 1.165) is 28.9 Å². The fourth-order valence-corrected chi connectivity index (χ4v) is 6.96. The molecule has 0 radical (unpaired) electrons. The van der Waals surface area contributed by atoms with Crippen molar-refractivity contribution < 1.29 is 22.7 Å². The van der Waals surface area contributed by atoms with Gasteiger partial charge in [0.05, 0.1) is 37.3 Å². The van der Waals surface area contributed by atoms with Crippen LogP contribution in [0.15, 0.2) is 48.6 Å². The number of fused-ring (bicyclic) bond motifs is 2. The summed E-state index contributed by atoms with van der Waals surface area (Å²) >= 11 is 0. The number of nitrogens with zero attached hydrogens (tertiary/aromatic N) is 7. The van der Waals surface area contributed by atoms with Gasteiger partial charge < -0.3 is 19.4 Å². The zero-order chi connectivity index (χ0) is 32.4. The van der Waals surface area contributed by atoms with E-state index in [1.807, 2.05) is 0 Å². The summed E-state index contributed by atoms with van der Waals surface area (Å²) in [4.78, 5) is 30.0. The summed E-state index contributed by atoms with van der Waals surface area (Å²) in [5.74, 6) is -2.42. The molecule has 0 N–H and O–H groups in total. The van der Waals surface area contributed by atoms with Crippen molar-refractivity contribution in [1.29, 1.82) is 5.26 Å². The predicted octanol–water partition coefficient (Wildman–Crippen LogP) is 4.68. The van der Waals surface area contributed by atoms with E-state index in [9.17, 15) is 23.2 Å². The van der Waals surface area contributed by atoms with Crippen LogP contribution in [-0.4, -0.2) is 96.7 Å². The van der Waals surface area contributed by atoms with E-state index in [-0.39, 0.29) is 37.9 Å². The molecular weight excluding hydrogens is 595 g/mol. The molecule has 2 saturated heterocycles. The first-order valence-electron chi connectivity index (χ1n) is 15.7. The van der Waals surface area contributed by atoms with Gasteiger partial charge in [0.25, 0.3) is 5.92 Å². The van der Waals surface area contributed by atoms with E-state index < -0.39 is 24.7 Å². The van der Waals surface area contributed by atoms with Crippen molar-refractivity contribution in [3.63, 3.8) is 0 Å². The Hall–Kier alpha value is -4.37. The van der Waals surface area contributed by atoms with Crippen molar-refractivity contribution in [2.45, 2.75) is 50.7 Å². The third-order valence-corrected chi connectivity index (χ3v) is 9.24. The van der Waals surface area contributed by atoms with Gasteiger partial charge in [-0.1, -0.05) is 30.3 Å². The summed E-state index contributed by atoms with van der Waals surface area (Å²) in [6.07, 6.45) is 2.86. The van der Waals surface area contributed by atoms with Crippen LogP contribution in [0.25, 0.3) is 10.8 Å². The van der Waals surface area contributed by atoms with Crippen LogP contribution >= 0.6 is 0 Å². The molecule has 0 saturated carbocycles. The maximum absolute atomic E-state index is 14.1. The van der Waals surface area contributed by atoms with Crippen LogP contribution in [0, 0.1) is 18.3 Å². The van der Waals surface area contributed by atoms with Crippen molar-refractivity contribution in [2.75, 3.05) is 62.9 Å². The van der Waals surface area contributed by atoms with E-state index in [4.69, 9.17) is 14.7 Å². The van der Waals surface area contributed by atoms with Crippen LogP contribution in [0.3, 0.4) is 0 Å². The number of hydrogen-bond donors (Lipinski definition) is 0. The second-order valence-electron chi connectivity index (χ2n) is 12.4. The second-order valence-corrected chi connectivity index (χ2v) is 12.4. The highest BCUT2D eigenvalue weighted by Crippen LogP contribution is 2.36. The molecule has 0 aliphatic carbocycles. The van der Waals surface area contributed by atoms with Gasteiger partial charge in [0.2, 0.25) is 5.91 Å². The average molecular weight is 634 g/mol. The van der Waals surface area contributed by atoms with Crippen molar-refractivity contribution in [3.8, 4) is 12.1 Å². The number of likely N-dealkylation sites (N-methyl/N-ethyl adjacent to an activating group) is 1. The molecule has 242 valence electrons. The van der Waals surface area contributed by atoms with E-state index in [1.54, 1.807) is 16.8 Å². The molecule has 46 heavy (non-hydrogen) atoms. The molecule has 1 aromatic heterocycles. The summed E-state index contributed by atoms with van der Waals surface area (Å²) in [6, 6.07) is 14.0. The Kier molecular flexibility index (Phi) is 9.04. The van der Waals surface area contributed by atoms with E-state index in [1.165, 1.54) is 23.1 Å². The van der Waals surface area contributed by atoms with Gasteiger partial charge in [-0.2, -0.15) is 15.2 Å². The number of amides is 1. The smallest absolute Gasteiger partial charge is 0.318 e. The lowest BCUT2D eigenvalue weighted by molar-refractivity contribution is -0.128. The number of allylic oxidation sites excluding steroid dienone is 1. The van der Waals surface area contributed by atoms with E-state index in [0.29, 0.717) is 38.4 Å². The number of nitriles is 1. The number of rotatable bonds is 8. The molecule has 12 heteroatoms. The highest BCUT2D eigenvalue weighted by Gasteiger charge is 2.43. The summed E-state index contributed by atoms with van der Waals surface area (Å²) in [5.41, 5.74) is 4.06. The normalized spacial score (nSPS) is 21.5. The number of hydrogen-bond acceptors (Lipinski definition) is 8. The van der Waals surface area contributed by atoms with Crippen LogP contribution in [0.1, 0.15) is 29.7 Å². The van der Waals surface area contributed by atoms with Gasteiger partial charge in [0.15, 0.2) is 0 Å². The van der Waals surface area contributed by atoms with Gasteiger partial charge in [-0.25, -0.2) is 13.2 Å². The van der Waals surface area contributed by atoms with Crippen LogP contribution in [-0.2, 0) is 17.8 Å². The minimum absolute atomic E-state index is 0.0246. The number of aryl methyl sites for hydroxylation is 1. The van der Waals surface area contributed by atoms with Crippen molar-refractivity contribution in [2.24, 2.45) is 0 Å². The summed E-state index contributed by atoms with van der Waals surface area (Å²) in [5, 5.41) is 11.9. The first-order chi connectivity index (χ1) is 22.2. The minimum Gasteiger partial charge on any atom is -0.462 e. The van der Waals surface area contributed by atoms with Crippen molar-refractivity contribution >= 4 is 28.2 Å². The lowest BCUT2D eigenvalue weighted by Crippen LogP contribution is -2.55. The zero-order valence-electron chi connectivity index (χ0n) is 26.1. The molecule has 3 aliphatic heterocycles. The SMILES string of the molecule is Cc1cccc2cccc(N3CCc4c(nc(OCC5CC(F)(F)CN5C)nc4N4CCN(C(=O)/C=C/CF)C(CC#N)C4)C3)c12. The Bertz CT molecular complexity index is 1670. The molecule has 1 amide bonds. The number of carbonyl (C=O) groups excluding carboxylic acids is 1. The number of alkyl halides is 3. The third kappa shape index (κ3) is 6.47. The predicted molar refractivity (Wildman–Crippen MR) is 170 cm³/mol. The number of anilines is 2. The topological polar surface area (TPSA) is 88.8 Å². The van der Waals surface area contributed by atoms with Crippen molar-refractivity contribution in [1.82, 2.24) is 19.8 Å². The van der Waals surface area contributed by atoms with Crippen LogP contribution < -0.4 is 14.5 Å². The maximum Gasteiger partial charge on any atom is 0.318 e. The van der Waals surface area contributed by atoms with Crippen molar-refractivity contribution in [3.05, 3.63) is 65.4 Å². The highest BCUT2D eigenvalue weighted by molar-refractivity contribution is 5.97. The average Bonchev–Trinajstić information content (AvgIpc) is 3.32. The standard InChI is InChI=1S/C34H38F3N7O2/c1-23-6-3-7-24-8-4-9-29(31(23)24)42-15-12-27-28(20-42)39-33(46-21-26-18-34(36,37)22-41(26)2)40-32(27)43-16-17-44(25(19-43)11-14-38)30(45)10-5-13-35/h3-10,25-26H,11-13,15-22H2,1-2H3/b10-5+. The van der Waals surface area contributed by atoms with Gasteiger partial charge in [-0.15, -0.1) is 0 Å². The minimum atomic E-state index is -2.77. The second kappa shape index (κ2) is 13.2. The Morgan fingerprint density at radius 2 is 1.93 bits per heavy atom. The Morgan fingerprint density at radius 3 is 2.67 bits per heavy atom. The number of aromatic nitrogens is 2. The first-order valence-corrected chi connectivity index (χ1v) is 15.7. The van der Waals surface area contributed by atoms with Crippen LogP contribution in [0.4, 0.5) is 24.7 Å². The van der Waals surface area contributed by atoms with E-state index in [2.05, 4.69) is 59.2 Å². The van der Waals surface area contributed by atoms with Gasteiger partial charge in [0, 0.05) is 61.4 Å². The summed E-state index contributed by atoms with van der Waals surface area (Å²) in [7, 11) is 1.66. The van der Waals surface area contributed by atoms with Gasteiger partial charge in [-0.3, -0.25) is 9.69 Å². The molecule has 2 aromatic carbocycles. The number of piperazine rings is 1. The Morgan fingerprint density at radius 1 is 1.13 bits per heavy atom. The monoisotopic (exact) mass is 633 g/mol. The van der Waals surface area contributed by atoms with Gasteiger partial charge >= 0.3 is 6.01 Å². The molecule has 0 spiro atoms. The lowest BCUT2D eigenvalue weighted by atomic mass is 9.99.